The first kappa shape index (κ1) is 20.6. The highest BCUT2D eigenvalue weighted by molar-refractivity contribution is 6.24. The van der Waals surface area contributed by atoms with Crippen molar-refractivity contribution in [3.8, 4) is 0 Å². The molecule has 9 heteroatoms. The van der Waals surface area contributed by atoms with Crippen molar-refractivity contribution in [3.05, 3.63) is 34.9 Å². The summed E-state index contributed by atoms with van der Waals surface area (Å²) in [4.78, 5) is 53.1. The summed E-state index contributed by atoms with van der Waals surface area (Å²) in [5.41, 5.74) is 7.23. The van der Waals surface area contributed by atoms with Gasteiger partial charge in [0.25, 0.3) is 11.8 Å². The predicted molar refractivity (Wildman–Crippen MR) is 106 cm³/mol. The summed E-state index contributed by atoms with van der Waals surface area (Å²) in [5.74, 6) is -1.97. The van der Waals surface area contributed by atoms with Gasteiger partial charge in [0.15, 0.2) is 0 Å². The Bertz CT molecular complexity index is 909. The molecule has 1 unspecified atom stereocenters. The molecule has 160 valence electrons. The minimum absolute atomic E-state index is 0.0977. The van der Waals surface area contributed by atoms with E-state index in [1.165, 1.54) is 0 Å². The molecule has 0 aromatic heterocycles. The topological polar surface area (TPSA) is 122 Å². The van der Waals surface area contributed by atoms with Crippen LogP contribution in [-0.4, -0.2) is 71.8 Å². The second kappa shape index (κ2) is 7.90. The Morgan fingerprint density at radius 3 is 2.60 bits per heavy atom. The third-order valence-electron chi connectivity index (χ3n) is 6.58. The number of imide groups is 2. The third-order valence-corrected chi connectivity index (χ3v) is 6.58. The fourth-order valence-electron chi connectivity index (χ4n) is 4.63. The number of hydrogen-bond donors (Lipinski definition) is 2. The summed E-state index contributed by atoms with van der Waals surface area (Å²) in [7, 11) is 1.97. The molecule has 1 aromatic rings. The van der Waals surface area contributed by atoms with Crippen molar-refractivity contribution in [1.29, 1.82) is 0 Å². The van der Waals surface area contributed by atoms with Crippen LogP contribution in [-0.2, 0) is 20.9 Å². The molecule has 0 bridgehead atoms. The van der Waals surface area contributed by atoms with Crippen molar-refractivity contribution in [2.75, 3.05) is 26.8 Å². The van der Waals surface area contributed by atoms with Gasteiger partial charge in [0.1, 0.15) is 6.04 Å². The number of carbonyl (C=O) groups excluding carboxylic acids is 4. The first-order valence-electron chi connectivity index (χ1n) is 10.2. The Labute approximate surface area is 174 Å². The lowest BCUT2D eigenvalue weighted by atomic mass is 9.87. The van der Waals surface area contributed by atoms with Gasteiger partial charge in [-0.15, -0.1) is 0 Å². The fourth-order valence-corrected chi connectivity index (χ4v) is 4.63. The number of ether oxygens (including phenoxy) is 1. The molecule has 2 saturated heterocycles. The number of likely N-dealkylation sites (N-methyl/N-ethyl adjacent to an activating group) is 1. The monoisotopic (exact) mass is 414 g/mol. The lowest BCUT2D eigenvalue weighted by molar-refractivity contribution is -0.136. The largest absolute Gasteiger partial charge is 0.381 e. The Morgan fingerprint density at radius 2 is 1.93 bits per heavy atom. The Hall–Kier alpha value is -2.62. The number of carbonyl (C=O) groups is 4. The number of fused-ring (bicyclic) bond motifs is 1. The number of rotatable bonds is 5. The van der Waals surface area contributed by atoms with Crippen LogP contribution in [0.4, 0.5) is 0 Å². The Kier molecular flexibility index (Phi) is 5.44. The molecule has 3 N–H and O–H groups in total. The smallest absolute Gasteiger partial charge is 0.262 e. The minimum atomic E-state index is -0.966. The van der Waals surface area contributed by atoms with E-state index in [1.807, 2.05) is 13.1 Å². The molecule has 0 radical (unpaired) electrons. The van der Waals surface area contributed by atoms with E-state index in [9.17, 15) is 19.2 Å². The Morgan fingerprint density at radius 1 is 1.20 bits per heavy atom. The SMILES string of the molecule is CN(Cc1cccc2c1C(=O)N(C1CCC(=O)NC1=O)C2=O)C1(CN)CCOCC1. The lowest BCUT2D eigenvalue weighted by Gasteiger charge is -2.44. The number of benzene rings is 1. The predicted octanol–water partition coefficient (Wildman–Crippen LogP) is 0.0275. The van der Waals surface area contributed by atoms with Crippen LogP contribution < -0.4 is 11.1 Å². The maximum atomic E-state index is 13.2. The molecule has 3 aliphatic heterocycles. The van der Waals surface area contributed by atoms with Crippen molar-refractivity contribution in [2.45, 2.75) is 43.8 Å². The standard InChI is InChI=1S/C21H26N4O5/c1-24(21(12-22)7-9-30-10-8-21)11-13-3-2-4-14-17(13)20(29)25(19(14)28)15-5-6-16(26)23-18(15)27/h2-4,15H,5-12,22H2,1H3,(H,23,26,27). The van der Waals surface area contributed by atoms with E-state index in [2.05, 4.69) is 10.2 Å². The van der Waals surface area contributed by atoms with Crippen molar-refractivity contribution in [2.24, 2.45) is 5.73 Å². The van der Waals surface area contributed by atoms with Crippen LogP contribution in [0.1, 0.15) is 52.0 Å². The minimum Gasteiger partial charge on any atom is -0.381 e. The van der Waals surface area contributed by atoms with Crippen LogP contribution in [0.15, 0.2) is 18.2 Å². The fraction of sp³-hybridized carbons (Fsp3) is 0.524. The van der Waals surface area contributed by atoms with Crippen LogP contribution in [0.2, 0.25) is 0 Å². The van der Waals surface area contributed by atoms with E-state index in [4.69, 9.17) is 10.5 Å². The molecular weight excluding hydrogens is 388 g/mol. The summed E-state index contributed by atoms with van der Waals surface area (Å²) in [6, 6.07) is 4.22. The highest BCUT2D eigenvalue weighted by Gasteiger charge is 2.46. The van der Waals surface area contributed by atoms with Crippen LogP contribution in [0.5, 0.6) is 0 Å². The first-order valence-corrected chi connectivity index (χ1v) is 10.2. The van der Waals surface area contributed by atoms with Crippen LogP contribution in [0, 0.1) is 0 Å². The summed E-state index contributed by atoms with van der Waals surface area (Å²) < 4.78 is 5.48. The van der Waals surface area contributed by atoms with Gasteiger partial charge < -0.3 is 10.5 Å². The number of piperidine rings is 1. The van der Waals surface area contributed by atoms with Crippen molar-refractivity contribution in [3.63, 3.8) is 0 Å². The van der Waals surface area contributed by atoms with Crippen molar-refractivity contribution < 1.29 is 23.9 Å². The van der Waals surface area contributed by atoms with Crippen LogP contribution >= 0.6 is 0 Å². The quantitative estimate of drug-likeness (QED) is 0.652. The van der Waals surface area contributed by atoms with Gasteiger partial charge in [-0.3, -0.25) is 34.3 Å². The summed E-state index contributed by atoms with van der Waals surface area (Å²) in [5, 5.41) is 2.22. The highest BCUT2D eigenvalue weighted by atomic mass is 16.5. The van der Waals surface area contributed by atoms with Gasteiger partial charge >= 0.3 is 0 Å². The van der Waals surface area contributed by atoms with E-state index in [-0.39, 0.29) is 18.4 Å². The molecular formula is C21H26N4O5. The van der Waals surface area contributed by atoms with Crippen LogP contribution in [0.25, 0.3) is 0 Å². The average Bonchev–Trinajstić information content (AvgIpc) is 3.00. The normalized spacial score (nSPS) is 23.7. The van der Waals surface area contributed by atoms with E-state index in [0.29, 0.717) is 37.4 Å². The summed E-state index contributed by atoms with van der Waals surface area (Å²) >= 11 is 0. The molecule has 2 fully saturated rings. The molecule has 3 aliphatic rings. The number of amides is 4. The van der Waals surface area contributed by atoms with Crippen molar-refractivity contribution >= 4 is 23.6 Å². The number of nitrogens with one attached hydrogen (secondary N) is 1. The van der Waals surface area contributed by atoms with E-state index in [0.717, 1.165) is 23.3 Å². The summed E-state index contributed by atoms with van der Waals surface area (Å²) in [6.45, 7) is 2.18. The highest BCUT2D eigenvalue weighted by Crippen LogP contribution is 2.33. The van der Waals surface area contributed by atoms with Crippen molar-refractivity contribution in [1.82, 2.24) is 15.1 Å². The molecule has 0 saturated carbocycles. The molecule has 0 spiro atoms. The van der Waals surface area contributed by atoms with E-state index in [1.54, 1.807) is 12.1 Å². The molecule has 1 atom stereocenters. The van der Waals surface area contributed by atoms with Gasteiger partial charge in [-0.1, -0.05) is 12.1 Å². The van der Waals surface area contributed by atoms with Gasteiger partial charge in [0, 0.05) is 38.3 Å². The van der Waals surface area contributed by atoms with Gasteiger partial charge in [0.05, 0.1) is 11.1 Å². The molecule has 1 aromatic carbocycles. The second-order valence-corrected chi connectivity index (χ2v) is 8.18. The molecule has 30 heavy (non-hydrogen) atoms. The zero-order valence-corrected chi connectivity index (χ0v) is 17.0. The molecule has 4 amide bonds. The average molecular weight is 414 g/mol. The summed E-state index contributed by atoms with van der Waals surface area (Å²) in [6.07, 6.45) is 1.83. The van der Waals surface area contributed by atoms with E-state index >= 15 is 0 Å². The van der Waals surface area contributed by atoms with Gasteiger partial charge in [-0.25, -0.2) is 0 Å². The van der Waals surface area contributed by atoms with Crippen LogP contribution in [0.3, 0.4) is 0 Å². The zero-order valence-electron chi connectivity index (χ0n) is 17.0. The first-order chi connectivity index (χ1) is 14.4. The third kappa shape index (κ3) is 3.32. The zero-order chi connectivity index (χ0) is 21.5. The number of nitrogens with zero attached hydrogens (tertiary/aromatic N) is 2. The molecule has 3 heterocycles. The lowest BCUT2D eigenvalue weighted by Crippen LogP contribution is -2.55. The number of hydrogen-bond acceptors (Lipinski definition) is 7. The molecule has 9 nitrogen and oxygen atoms in total. The van der Waals surface area contributed by atoms with E-state index < -0.39 is 29.7 Å². The Balaban J connectivity index is 1.62. The van der Waals surface area contributed by atoms with Gasteiger partial charge in [-0.2, -0.15) is 0 Å². The van der Waals surface area contributed by atoms with Gasteiger partial charge in [-0.05, 0) is 37.9 Å². The molecule has 0 aliphatic carbocycles. The van der Waals surface area contributed by atoms with Gasteiger partial charge in [0.2, 0.25) is 11.8 Å². The number of nitrogens with two attached hydrogens (primary N) is 1. The second-order valence-electron chi connectivity index (χ2n) is 8.18. The maximum absolute atomic E-state index is 13.2. The molecule has 4 rings (SSSR count). The maximum Gasteiger partial charge on any atom is 0.262 e.